The Hall–Kier alpha value is -1.04. The van der Waals surface area contributed by atoms with Crippen molar-refractivity contribution in [2.24, 2.45) is 0 Å². The van der Waals surface area contributed by atoms with E-state index in [1.807, 2.05) is 6.08 Å². The molecule has 0 spiro atoms. The van der Waals surface area contributed by atoms with Gasteiger partial charge in [0, 0.05) is 0 Å². The van der Waals surface area contributed by atoms with Gasteiger partial charge in [0.1, 0.15) is 0 Å². The fourth-order valence-corrected chi connectivity index (χ4v) is 1.27. The molecule has 12 heavy (non-hydrogen) atoms. The van der Waals surface area contributed by atoms with Crippen LogP contribution in [0.3, 0.4) is 0 Å². The van der Waals surface area contributed by atoms with E-state index in [0.717, 1.165) is 19.3 Å². The van der Waals surface area contributed by atoms with E-state index in [0.29, 0.717) is 0 Å². The Labute approximate surface area is 74.9 Å². The molecule has 1 aromatic carbocycles. The molecule has 0 nitrogen and oxygen atoms in total. The highest BCUT2D eigenvalue weighted by atomic mass is 14.0. The fraction of sp³-hybridized carbons (Fsp3) is 0.333. The zero-order valence-corrected chi connectivity index (χ0v) is 7.72. The van der Waals surface area contributed by atoms with Crippen molar-refractivity contribution in [1.29, 1.82) is 0 Å². The minimum atomic E-state index is 1.08. The molecule has 0 heteroatoms. The molecule has 0 heterocycles. The Morgan fingerprint density at radius 3 is 2.75 bits per heavy atom. The van der Waals surface area contributed by atoms with E-state index in [1.54, 1.807) is 0 Å². The predicted molar refractivity (Wildman–Crippen MR) is 54.3 cm³/mol. The summed E-state index contributed by atoms with van der Waals surface area (Å²) >= 11 is 0. The summed E-state index contributed by atoms with van der Waals surface area (Å²) < 4.78 is 0. The molecule has 0 N–H and O–H groups in total. The molecule has 0 aliphatic rings. The highest BCUT2D eigenvalue weighted by Gasteiger charge is 1.92. The monoisotopic (exact) mass is 160 g/mol. The van der Waals surface area contributed by atoms with E-state index in [9.17, 15) is 0 Å². The third-order valence-electron chi connectivity index (χ3n) is 2.04. The first-order valence-electron chi connectivity index (χ1n) is 4.55. The molecule has 0 atom stereocenters. The van der Waals surface area contributed by atoms with Gasteiger partial charge >= 0.3 is 0 Å². The van der Waals surface area contributed by atoms with Crippen LogP contribution in [0.25, 0.3) is 0 Å². The zero-order valence-electron chi connectivity index (χ0n) is 7.72. The van der Waals surface area contributed by atoms with Gasteiger partial charge in [-0.2, -0.15) is 0 Å². The molecular weight excluding hydrogens is 144 g/mol. The van der Waals surface area contributed by atoms with Gasteiger partial charge in [-0.15, -0.1) is 6.58 Å². The number of rotatable bonds is 4. The predicted octanol–water partition coefficient (Wildman–Crippen LogP) is 3.37. The zero-order chi connectivity index (χ0) is 8.81. The van der Waals surface area contributed by atoms with E-state index >= 15 is 0 Å². The maximum atomic E-state index is 3.72. The van der Waals surface area contributed by atoms with Crippen LogP contribution in [0.2, 0.25) is 0 Å². The van der Waals surface area contributed by atoms with Gasteiger partial charge in [-0.3, -0.25) is 0 Å². The summed E-state index contributed by atoms with van der Waals surface area (Å²) in [6.07, 6.45) is 5.30. The molecule has 0 aromatic heterocycles. The first-order valence-corrected chi connectivity index (χ1v) is 4.55. The Balaban J connectivity index is 2.65. The van der Waals surface area contributed by atoms with Crippen LogP contribution in [0.4, 0.5) is 0 Å². The second-order valence-corrected chi connectivity index (χ2v) is 3.00. The van der Waals surface area contributed by atoms with Crippen molar-refractivity contribution in [2.75, 3.05) is 0 Å². The smallest absolute Gasteiger partial charge is 0.0244 e. The van der Waals surface area contributed by atoms with Gasteiger partial charge in [-0.25, -0.2) is 0 Å². The van der Waals surface area contributed by atoms with Crippen molar-refractivity contribution in [3.05, 3.63) is 48.0 Å². The second kappa shape index (κ2) is 4.76. The summed E-state index contributed by atoms with van der Waals surface area (Å²) in [6, 6.07) is 8.78. The van der Waals surface area contributed by atoms with Crippen molar-refractivity contribution in [1.82, 2.24) is 0 Å². The highest BCUT2D eigenvalue weighted by molar-refractivity contribution is 5.23. The van der Waals surface area contributed by atoms with Crippen LogP contribution in [-0.4, -0.2) is 0 Å². The van der Waals surface area contributed by atoms with Gasteiger partial charge in [-0.05, 0) is 30.4 Å². The normalized spacial score (nSPS) is 9.75. The lowest BCUT2D eigenvalue weighted by molar-refractivity contribution is 0.993. The summed E-state index contributed by atoms with van der Waals surface area (Å²) in [5.74, 6) is 0. The van der Waals surface area contributed by atoms with Crippen LogP contribution in [0.5, 0.6) is 0 Å². The first-order chi connectivity index (χ1) is 5.86. The second-order valence-electron chi connectivity index (χ2n) is 3.00. The Morgan fingerprint density at radius 1 is 1.33 bits per heavy atom. The quantitative estimate of drug-likeness (QED) is 0.592. The van der Waals surface area contributed by atoms with E-state index in [4.69, 9.17) is 0 Å². The van der Waals surface area contributed by atoms with Gasteiger partial charge in [0.25, 0.3) is 0 Å². The van der Waals surface area contributed by atoms with E-state index in [2.05, 4.69) is 37.8 Å². The largest absolute Gasteiger partial charge is 0.103 e. The van der Waals surface area contributed by atoms with Gasteiger partial charge in [-0.1, -0.05) is 37.3 Å². The number of hydrogen-bond acceptors (Lipinski definition) is 0. The molecule has 0 saturated heterocycles. The lowest BCUT2D eigenvalue weighted by Gasteiger charge is -2.00. The van der Waals surface area contributed by atoms with Crippen molar-refractivity contribution in [3.8, 4) is 0 Å². The summed E-state index contributed by atoms with van der Waals surface area (Å²) in [5.41, 5.74) is 2.85. The Kier molecular flexibility index (Phi) is 3.59. The lowest BCUT2D eigenvalue weighted by Crippen LogP contribution is -1.86. The number of allylic oxidation sites excluding steroid dienone is 1. The molecule has 0 unspecified atom stereocenters. The van der Waals surface area contributed by atoms with Crippen molar-refractivity contribution >= 4 is 0 Å². The number of aryl methyl sites for hydroxylation is 2. The van der Waals surface area contributed by atoms with Crippen molar-refractivity contribution in [3.63, 3.8) is 0 Å². The third kappa shape index (κ3) is 2.54. The first kappa shape index (κ1) is 9.05. The molecule has 0 aliphatic heterocycles. The van der Waals surface area contributed by atoms with Crippen LogP contribution in [-0.2, 0) is 12.8 Å². The molecule has 0 amide bonds. The number of benzene rings is 1. The van der Waals surface area contributed by atoms with Gasteiger partial charge < -0.3 is 0 Å². The van der Waals surface area contributed by atoms with Gasteiger partial charge in [0.15, 0.2) is 0 Å². The lowest BCUT2D eigenvalue weighted by atomic mass is 10.1. The molecule has 64 valence electrons. The SMILES string of the molecule is C=CCCc1cccc(CC)c1. The van der Waals surface area contributed by atoms with E-state index in [-0.39, 0.29) is 0 Å². The Morgan fingerprint density at radius 2 is 2.08 bits per heavy atom. The molecule has 1 aromatic rings. The highest BCUT2D eigenvalue weighted by Crippen LogP contribution is 2.07. The molecule has 1 rings (SSSR count). The maximum Gasteiger partial charge on any atom is -0.0244 e. The molecule has 0 aliphatic carbocycles. The van der Waals surface area contributed by atoms with Gasteiger partial charge in [0.05, 0.1) is 0 Å². The van der Waals surface area contributed by atoms with E-state index in [1.165, 1.54) is 11.1 Å². The average molecular weight is 160 g/mol. The van der Waals surface area contributed by atoms with Crippen LogP contribution in [0.15, 0.2) is 36.9 Å². The summed E-state index contributed by atoms with van der Waals surface area (Å²) in [7, 11) is 0. The fourth-order valence-electron chi connectivity index (χ4n) is 1.27. The molecule has 0 saturated carbocycles. The molecule has 0 radical (unpaired) electrons. The van der Waals surface area contributed by atoms with Crippen molar-refractivity contribution < 1.29 is 0 Å². The molecule has 0 bridgehead atoms. The molecule has 0 fully saturated rings. The Bertz CT molecular complexity index is 248. The van der Waals surface area contributed by atoms with Gasteiger partial charge in [0.2, 0.25) is 0 Å². The van der Waals surface area contributed by atoms with E-state index < -0.39 is 0 Å². The maximum absolute atomic E-state index is 3.72. The standard InChI is InChI=1S/C12H16/c1-3-5-7-12-9-6-8-11(4-2)10-12/h3,6,8-10H,1,4-5,7H2,2H3. The minimum absolute atomic E-state index is 1.08. The van der Waals surface area contributed by atoms with Crippen LogP contribution in [0, 0.1) is 0 Å². The average Bonchev–Trinajstić information content (AvgIpc) is 2.15. The summed E-state index contributed by atoms with van der Waals surface area (Å²) in [5, 5.41) is 0. The van der Waals surface area contributed by atoms with Crippen LogP contribution in [0.1, 0.15) is 24.5 Å². The van der Waals surface area contributed by atoms with Crippen molar-refractivity contribution in [2.45, 2.75) is 26.2 Å². The minimum Gasteiger partial charge on any atom is -0.103 e. The summed E-state index contributed by atoms with van der Waals surface area (Å²) in [4.78, 5) is 0. The summed E-state index contributed by atoms with van der Waals surface area (Å²) in [6.45, 7) is 5.91. The third-order valence-corrected chi connectivity index (χ3v) is 2.04. The topological polar surface area (TPSA) is 0 Å². The van der Waals surface area contributed by atoms with Crippen LogP contribution >= 0.6 is 0 Å². The molecular formula is C12H16. The number of hydrogen-bond donors (Lipinski definition) is 0. The van der Waals surface area contributed by atoms with Crippen LogP contribution < -0.4 is 0 Å².